The van der Waals surface area contributed by atoms with Gasteiger partial charge in [0, 0.05) is 44.2 Å². The molecule has 0 fully saturated rings. The largest absolute Gasteiger partial charge is 0.307 e. The third-order valence-electron chi connectivity index (χ3n) is 11.7. The molecule has 12 aromatic rings. The van der Waals surface area contributed by atoms with Gasteiger partial charge in [-0.2, -0.15) is 0 Å². The molecule has 9 aromatic carbocycles. The highest BCUT2D eigenvalue weighted by Crippen LogP contribution is 2.47. The first kappa shape index (κ1) is 33.9. The highest BCUT2D eigenvalue weighted by Gasteiger charge is 2.26. The van der Waals surface area contributed by atoms with Crippen LogP contribution in [0.2, 0.25) is 0 Å². The Labute approximate surface area is 346 Å². The fourth-order valence-corrected chi connectivity index (χ4v) is 9.09. The van der Waals surface area contributed by atoms with Crippen LogP contribution in [0.4, 0.5) is 0 Å². The van der Waals surface area contributed by atoms with E-state index < -0.39 is 0 Å². The van der Waals surface area contributed by atoms with Crippen LogP contribution in [0, 0.1) is 0 Å². The first-order valence-corrected chi connectivity index (χ1v) is 20.3. The molecule has 60 heavy (non-hydrogen) atoms. The summed E-state index contributed by atoms with van der Waals surface area (Å²) in [6.45, 7) is 0. The van der Waals surface area contributed by atoms with Gasteiger partial charge in [-0.05, 0) is 63.7 Å². The van der Waals surface area contributed by atoms with Crippen LogP contribution in [0.3, 0.4) is 0 Å². The van der Waals surface area contributed by atoms with Gasteiger partial charge in [-0.1, -0.05) is 176 Å². The Hall–Kier alpha value is -8.15. The molecule has 280 valence electrons. The predicted octanol–water partition coefficient (Wildman–Crippen LogP) is 13.9. The van der Waals surface area contributed by atoms with Gasteiger partial charge < -0.3 is 9.13 Å². The number of fused-ring (bicyclic) bond motifs is 10. The topological polar surface area (TPSA) is 48.5 Å². The summed E-state index contributed by atoms with van der Waals surface area (Å²) in [5.74, 6) is 1.87. The van der Waals surface area contributed by atoms with Gasteiger partial charge in [0.05, 0.1) is 22.1 Å². The average Bonchev–Trinajstić information content (AvgIpc) is 3.86. The summed E-state index contributed by atoms with van der Waals surface area (Å²) in [6.07, 6.45) is 0. The Morgan fingerprint density at radius 3 is 1.33 bits per heavy atom. The maximum absolute atomic E-state index is 5.21. The lowest BCUT2D eigenvalue weighted by atomic mass is 9.97. The molecule has 0 amide bonds. The van der Waals surface area contributed by atoms with Crippen LogP contribution >= 0.6 is 0 Å². The van der Waals surface area contributed by atoms with Crippen molar-refractivity contribution in [2.75, 3.05) is 0 Å². The number of hydrogen-bond donors (Lipinski definition) is 0. The molecule has 3 heterocycles. The van der Waals surface area contributed by atoms with Crippen LogP contribution in [0.5, 0.6) is 0 Å². The van der Waals surface area contributed by atoms with E-state index in [1.165, 1.54) is 37.8 Å². The first-order chi connectivity index (χ1) is 29.8. The zero-order chi connectivity index (χ0) is 39.6. The normalized spacial score (nSPS) is 11.7. The number of hydrogen-bond acceptors (Lipinski definition) is 3. The molecule has 0 aliphatic carbocycles. The van der Waals surface area contributed by atoms with Crippen LogP contribution in [-0.4, -0.2) is 24.1 Å². The van der Waals surface area contributed by atoms with Crippen molar-refractivity contribution >= 4 is 54.4 Å². The lowest BCUT2D eigenvalue weighted by molar-refractivity contribution is 1.07. The van der Waals surface area contributed by atoms with Gasteiger partial charge in [0.2, 0.25) is 0 Å². The molecule has 0 aliphatic rings. The number of benzene rings is 9. The number of aromatic nitrogens is 5. The summed E-state index contributed by atoms with van der Waals surface area (Å²) >= 11 is 0. The molecule has 0 saturated heterocycles. The van der Waals surface area contributed by atoms with E-state index in [9.17, 15) is 0 Å². The second-order valence-electron chi connectivity index (χ2n) is 15.2. The van der Waals surface area contributed by atoms with E-state index in [0.717, 1.165) is 55.7 Å². The highest BCUT2D eigenvalue weighted by atomic mass is 15.1. The number of rotatable bonds is 6. The van der Waals surface area contributed by atoms with Crippen LogP contribution in [0.1, 0.15) is 0 Å². The van der Waals surface area contributed by atoms with Crippen molar-refractivity contribution in [3.8, 4) is 56.7 Å². The number of para-hydroxylation sites is 2. The summed E-state index contributed by atoms with van der Waals surface area (Å²) in [7, 11) is 0. The molecular formula is C55H35N5. The lowest BCUT2D eigenvalue weighted by Crippen LogP contribution is -2.01. The summed E-state index contributed by atoms with van der Waals surface area (Å²) in [5.41, 5.74) is 11.7. The fourth-order valence-electron chi connectivity index (χ4n) is 9.09. The van der Waals surface area contributed by atoms with Gasteiger partial charge >= 0.3 is 0 Å². The summed E-state index contributed by atoms with van der Waals surface area (Å²) < 4.78 is 4.96. The molecule has 3 aromatic heterocycles. The third kappa shape index (κ3) is 5.37. The predicted molar refractivity (Wildman–Crippen MR) is 248 cm³/mol. The number of nitrogens with zero attached hydrogens (tertiary/aromatic N) is 5. The molecule has 0 saturated carbocycles. The third-order valence-corrected chi connectivity index (χ3v) is 11.7. The highest BCUT2D eigenvalue weighted by molar-refractivity contribution is 6.34. The molecule has 0 N–H and O–H groups in total. The molecule has 5 nitrogen and oxygen atoms in total. The second kappa shape index (κ2) is 13.8. The minimum Gasteiger partial charge on any atom is -0.307 e. The van der Waals surface area contributed by atoms with Gasteiger partial charge in [-0.25, -0.2) is 15.0 Å². The monoisotopic (exact) mass is 765 g/mol. The Morgan fingerprint density at radius 1 is 0.267 bits per heavy atom. The van der Waals surface area contributed by atoms with Gasteiger partial charge in [-0.15, -0.1) is 0 Å². The van der Waals surface area contributed by atoms with Crippen molar-refractivity contribution in [2.24, 2.45) is 0 Å². The van der Waals surface area contributed by atoms with E-state index in [4.69, 9.17) is 15.0 Å². The summed E-state index contributed by atoms with van der Waals surface area (Å²) in [4.78, 5) is 15.5. The van der Waals surface area contributed by atoms with E-state index in [-0.39, 0.29) is 0 Å². The molecular weight excluding hydrogens is 731 g/mol. The van der Waals surface area contributed by atoms with Crippen molar-refractivity contribution in [1.29, 1.82) is 0 Å². The lowest BCUT2D eigenvalue weighted by Gasteiger charge is -2.15. The van der Waals surface area contributed by atoms with Gasteiger partial charge in [0.1, 0.15) is 0 Å². The minimum absolute atomic E-state index is 0.609. The Bertz CT molecular complexity index is 3520. The van der Waals surface area contributed by atoms with Gasteiger partial charge in [0.15, 0.2) is 17.5 Å². The standard InChI is InChI=1S/C55H35N5/c1-5-19-36(20-6-1)39-33-40(55-57-53(37-21-7-2-8-22-37)56-54(58-55)38-23-9-3-10-24-38)35-42(34-39)59-48-32-18-17-31-47(48)51-52(59)49-45-29-15-13-27-43(45)44-28-14-16-30-46(44)50(49)60(51)41-25-11-4-12-26-41/h1-35H. The van der Waals surface area contributed by atoms with Crippen molar-refractivity contribution in [3.63, 3.8) is 0 Å². The summed E-state index contributed by atoms with van der Waals surface area (Å²) in [5, 5.41) is 7.28. The molecule has 12 rings (SSSR count). The second-order valence-corrected chi connectivity index (χ2v) is 15.2. The van der Waals surface area contributed by atoms with Crippen molar-refractivity contribution in [1.82, 2.24) is 24.1 Å². The molecule has 0 atom stereocenters. The van der Waals surface area contributed by atoms with Gasteiger partial charge in [0.25, 0.3) is 0 Å². The Balaban J connectivity index is 1.24. The van der Waals surface area contributed by atoms with Crippen molar-refractivity contribution in [2.45, 2.75) is 0 Å². The van der Waals surface area contributed by atoms with Crippen LogP contribution in [-0.2, 0) is 0 Å². The van der Waals surface area contributed by atoms with Crippen molar-refractivity contribution in [3.05, 3.63) is 212 Å². The van der Waals surface area contributed by atoms with E-state index in [0.29, 0.717) is 17.5 Å². The molecule has 0 spiro atoms. The van der Waals surface area contributed by atoms with E-state index in [1.807, 2.05) is 36.4 Å². The fraction of sp³-hybridized carbons (Fsp3) is 0. The zero-order valence-electron chi connectivity index (χ0n) is 32.4. The smallest absolute Gasteiger partial charge is 0.164 e. The zero-order valence-corrected chi connectivity index (χ0v) is 32.4. The maximum Gasteiger partial charge on any atom is 0.164 e. The molecule has 0 bridgehead atoms. The summed E-state index contributed by atoms with van der Waals surface area (Å²) in [6, 6.07) is 75.1. The minimum atomic E-state index is 0.609. The average molecular weight is 766 g/mol. The first-order valence-electron chi connectivity index (χ1n) is 20.3. The van der Waals surface area contributed by atoms with E-state index >= 15 is 0 Å². The molecule has 0 unspecified atom stereocenters. The Morgan fingerprint density at radius 2 is 0.717 bits per heavy atom. The van der Waals surface area contributed by atoms with E-state index in [1.54, 1.807) is 0 Å². The van der Waals surface area contributed by atoms with Gasteiger partial charge in [-0.3, -0.25) is 0 Å². The Kier molecular flexibility index (Phi) is 7.78. The van der Waals surface area contributed by atoms with Crippen molar-refractivity contribution < 1.29 is 0 Å². The van der Waals surface area contributed by atoms with Crippen LogP contribution in [0.25, 0.3) is 111 Å². The molecule has 5 heteroatoms. The maximum atomic E-state index is 5.21. The van der Waals surface area contributed by atoms with E-state index in [2.05, 4.69) is 185 Å². The quantitative estimate of drug-likeness (QED) is 0.158. The van der Waals surface area contributed by atoms with Crippen LogP contribution in [0.15, 0.2) is 212 Å². The molecule has 0 aliphatic heterocycles. The molecule has 0 radical (unpaired) electrons. The van der Waals surface area contributed by atoms with Crippen LogP contribution < -0.4 is 0 Å². The SMILES string of the molecule is c1ccc(-c2cc(-c3nc(-c4ccccc4)nc(-c4ccccc4)n3)cc(-n3c4ccccc4c4c3c3c5ccccc5c5ccccc5c3n4-c3ccccc3)c2)cc1.